The minimum Gasteiger partial charge on any atom is -0.478 e. The van der Waals surface area contributed by atoms with Crippen LogP contribution in [0.25, 0.3) is 6.08 Å². The Morgan fingerprint density at radius 1 is 1.52 bits per heavy atom. The molecule has 0 aliphatic heterocycles. The third-order valence-electron chi connectivity index (χ3n) is 2.86. The van der Waals surface area contributed by atoms with Gasteiger partial charge in [-0.3, -0.25) is 14.0 Å². The van der Waals surface area contributed by atoms with Crippen molar-refractivity contribution < 1.29 is 18.9 Å². The summed E-state index contributed by atoms with van der Waals surface area (Å²) >= 11 is 0. The smallest absolute Gasteiger partial charge is 0.328 e. The lowest BCUT2D eigenvalue weighted by molar-refractivity contribution is -0.131. The van der Waals surface area contributed by atoms with Gasteiger partial charge in [-0.05, 0) is 18.6 Å². The van der Waals surface area contributed by atoms with Gasteiger partial charge in [-0.25, -0.2) is 4.79 Å². The van der Waals surface area contributed by atoms with E-state index in [-0.39, 0.29) is 16.9 Å². The second kappa shape index (κ2) is 8.31. The van der Waals surface area contributed by atoms with E-state index >= 15 is 0 Å². The average molecular weight is 310 g/mol. The first-order chi connectivity index (χ1) is 9.91. The first-order valence-corrected chi connectivity index (χ1v) is 8.00. The SMILES string of the molecule is CC(CCNC(=O)c1ncccc1/C=C/C(=O)O)S(C)=O. The molecule has 2 atom stereocenters. The van der Waals surface area contributed by atoms with E-state index in [1.807, 2.05) is 6.92 Å². The predicted molar refractivity (Wildman–Crippen MR) is 81.4 cm³/mol. The Labute approximate surface area is 125 Å². The molecule has 0 bridgehead atoms. The van der Waals surface area contributed by atoms with Crippen molar-refractivity contribution in [2.45, 2.75) is 18.6 Å². The second-order valence-electron chi connectivity index (χ2n) is 4.47. The van der Waals surface area contributed by atoms with Gasteiger partial charge in [0.2, 0.25) is 0 Å². The average Bonchev–Trinajstić information content (AvgIpc) is 2.44. The Balaban J connectivity index is 2.70. The lowest BCUT2D eigenvalue weighted by atomic mass is 10.1. The van der Waals surface area contributed by atoms with E-state index in [1.165, 1.54) is 12.3 Å². The summed E-state index contributed by atoms with van der Waals surface area (Å²) in [5.41, 5.74) is 0.602. The molecule has 2 N–H and O–H groups in total. The lowest BCUT2D eigenvalue weighted by Crippen LogP contribution is -2.28. The third-order valence-corrected chi connectivity index (χ3v) is 4.23. The number of hydrogen-bond acceptors (Lipinski definition) is 4. The van der Waals surface area contributed by atoms with Crippen LogP contribution in [0.1, 0.15) is 29.4 Å². The van der Waals surface area contributed by atoms with Gasteiger partial charge in [0, 0.05) is 46.7 Å². The van der Waals surface area contributed by atoms with Gasteiger partial charge in [0.25, 0.3) is 5.91 Å². The summed E-state index contributed by atoms with van der Waals surface area (Å²) in [4.78, 5) is 26.5. The molecule has 0 aliphatic carbocycles. The van der Waals surface area contributed by atoms with E-state index in [2.05, 4.69) is 10.3 Å². The van der Waals surface area contributed by atoms with Crippen LogP contribution in [0.4, 0.5) is 0 Å². The third kappa shape index (κ3) is 5.86. The summed E-state index contributed by atoms with van der Waals surface area (Å²) in [6.45, 7) is 2.24. The van der Waals surface area contributed by atoms with Crippen molar-refractivity contribution in [1.82, 2.24) is 10.3 Å². The predicted octanol–water partition coefficient (Wildman–Crippen LogP) is 1.07. The Hall–Kier alpha value is -2.02. The molecule has 7 heteroatoms. The highest BCUT2D eigenvalue weighted by Crippen LogP contribution is 2.08. The molecule has 0 aliphatic rings. The van der Waals surface area contributed by atoms with Gasteiger partial charge in [-0.1, -0.05) is 13.0 Å². The number of rotatable bonds is 7. The fourth-order valence-electron chi connectivity index (χ4n) is 1.54. The molecule has 0 aromatic carbocycles. The Morgan fingerprint density at radius 2 is 2.24 bits per heavy atom. The molecule has 1 amide bonds. The molecule has 0 spiro atoms. The summed E-state index contributed by atoms with van der Waals surface area (Å²) in [5, 5.41) is 11.3. The van der Waals surface area contributed by atoms with Crippen LogP contribution in [0.3, 0.4) is 0 Å². The number of aromatic nitrogens is 1. The van der Waals surface area contributed by atoms with Crippen LogP contribution in [0.5, 0.6) is 0 Å². The molecule has 1 aromatic heterocycles. The van der Waals surface area contributed by atoms with Crippen LogP contribution in [0.15, 0.2) is 24.4 Å². The van der Waals surface area contributed by atoms with Gasteiger partial charge >= 0.3 is 5.97 Å². The van der Waals surface area contributed by atoms with Crippen molar-refractivity contribution in [3.8, 4) is 0 Å². The number of nitrogens with one attached hydrogen (secondary N) is 1. The molecule has 1 rings (SSSR count). The highest BCUT2D eigenvalue weighted by Gasteiger charge is 2.12. The number of pyridine rings is 1. The number of aliphatic carboxylic acids is 1. The van der Waals surface area contributed by atoms with E-state index in [0.29, 0.717) is 18.5 Å². The van der Waals surface area contributed by atoms with Crippen LogP contribution in [0, 0.1) is 0 Å². The summed E-state index contributed by atoms with van der Waals surface area (Å²) < 4.78 is 11.2. The first-order valence-electron chi connectivity index (χ1n) is 6.38. The molecule has 6 nitrogen and oxygen atoms in total. The molecule has 0 saturated carbocycles. The Bertz CT molecular complexity index is 572. The van der Waals surface area contributed by atoms with Crippen molar-refractivity contribution in [3.05, 3.63) is 35.7 Å². The van der Waals surface area contributed by atoms with Crippen molar-refractivity contribution >= 4 is 28.8 Å². The number of hydrogen-bond donors (Lipinski definition) is 2. The fraction of sp³-hybridized carbons (Fsp3) is 0.357. The second-order valence-corrected chi connectivity index (χ2v) is 6.27. The zero-order chi connectivity index (χ0) is 15.8. The van der Waals surface area contributed by atoms with Crippen LogP contribution < -0.4 is 5.32 Å². The summed E-state index contributed by atoms with van der Waals surface area (Å²) in [6.07, 6.45) is 5.98. The summed E-state index contributed by atoms with van der Waals surface area (Å²) in [5.74, 6) is -1.47. The molecule has 2 unspecified atom stereocenters. The van der Waals surface area contributed by atoms with Crippen LogP contribution in [-0.4, -0.2) is 44.2 Å². The number of carbonyl (C=O) groups excluding carboxylic acids is 1. The van der Waals surface area contributed by atoms with E-state index in [4.69, 9.17) is 5.11 Å². The molecule has 1 aromatic rings. The van der Waals surface area contributed by atoms with Crippen molar-refractivity contribution in [1.29, 1.82) is 0 Å². The fourth-order valence-corrected chi connectivity index (χ4v) is 1.99. The lowest BCUT2D eigenvalue weighted by Gasteiger charge is -2.10. The molecular formula is C14H18N2O4S. The number of carboxylic acid groups (broad SMARTS) is 1. The van der Waals surface area contributed by atoms with Crippen molar-refractivity contribution in [3.63, 3.8) is 0 Å². The number of nitrogens with zero attached hydrogens (tertiary/aromatic N) is 1. The zero-order valence-corrected chi connectivity index (χ0v) is 12.7. The minimum atomic E-state index is -1.09. The van der Waals surface area contributed by atoms with E-state index in [0.717, 1.165) is 6.08 Å². The van der Waals surface area contributed by atoms with Crippen LogP contribution in [-0.2, 0) is 15.6 Å². The van der Waals surface area contributed by atoms with Crippen LogP contribution >= 0.6 is 0 Å². The molecular weight excluding hydrogens is 292 g/mol. The quantitative estimate of drug-likeness (QED) is 0.734. The highest BCUT2D eigenvalue weighted by molar-refractivity contribution is 7.84. The highest BCUT2D eigenvalue weighted by atomic mass is 32.2. The van der Waals surface area contributed by atoms with Gasteiger partial charge < -0.3 is 10.4 Å². The Morgan fingerprint density at radius 3 is 2.86 bits per heavy atom. The molecule has 0 radical (unpaired) electrons. The monoisotopic (exact) mass is 310 g/mol. The number of carboxylic acids is 1. The van der Waals surface area contributed by atoms with Gasteiger partial charge in [0.15, 0.2) is 0 Å². The molecule has 0 saturated heterocycles. The molecule has 1 heterocycles. The van der Waals surface area contributed by atoms with E-state index in [9.17, 15) is 13.8 Å². The zero-order valence-electron chi connectivity index (χ0n) is 11.9. The Kier molecular flexibility index (Phi) is 6.74. The largest absolute Gasteiger partial charge is 0.478 e. The summed E-state index contributed by atoms with van der Waals surface area (Å²) in [7, 11) is -0.926. The maximum atomic E-state index is 12.0. The topological polar surface area (TPSA) is 96.4 Å². The van der Waals surface area contributed by atoms with Gasteiger partial charge in [0.05, 0.1) is 0 Å². The van der Waals surface area contributed by atoms with Gasteiger partial charge in [-0.15, -0.1) is 0 Å². The normalized spacial score (nSPS) is 13.8. The maximum Gasteiger partial charge on any atom is 0.328 e. The molecule has 0 fully saturated rings. The maximum absolute atomic E-state index is 12.0. The van der Waals surface area contributed by atoms with Crippen molar-refractivity contribution in [2.75, 3.05) is 12.8 Å². The summed E-state index contributed by atoms with van der Waals surface area (Å²) in [6, 6.07) is 3.24. The van der Waals surface area contributed by atoms with Crippen LogP contribution in [0.2, 0.25) is 0 Å². The van der Waals surface area contributed by atoms with Crippen molar-refractivity contribution in [2.24, 2.45) is 0 Å². The minimum absolute atomic E-state index is 0.000379. The standard InChI is InChI=1S/C14H18N2O4S/c1-10(21(2)20)7-9-16-14(19)13-11(4-3-8-15-13)5-6-12(17)18/h3-6,8,10H,7,9H2,1-2H3,(H,16,19)(H,17,18)/b6-5+. The number of carbonyl (C=O) groups is 2. The first kappa shape index (κ1) is 17.0. The van der Waals surface area contributed by atoms with Gasteiger partial charge in [-0.2, -0.15) is 0 Å². The molecule has 114 valence electrons. The number of amides is 1. The van der Waals surface area contributed by atoms with Gasteiger partial charge in [0.1, 0.15) is 5.69 Å². The van der Waals surface area contributed by atoms with E-state index in [1.54, 1.807) is 18.4 Å². The van der Waals surface area contributed by atoms with E-state index < -0.39 is 16.8 Å². The molecule has 21 heavy (non-hydrogen) atoms.